The molecule has 2 rings (SSSR count). The molecule has 0 unspecified atom stereocenters. The molecule has 0 spiro atoms. The largest absolute Gasteiger partial charge is 0.326 e. The van der Waals surface area contributed by atoms with Crippen LogP contribution < -0.4 is 5.73 Å². The molecule has 0 amide bonds. The molecule has 0 fully saturated rings. The third-order valence-corrected chi connectivity index (χ3v) is 2.40. The molecule has 0 atom stereocenters. The number of nitrogens with two attached hydrogens (primary N) is 1. The summed E-state index contributed by atoms with van der Waals surface area (Å²) in [5, 5.41) is 4.23. The molecule has 0 radical (unpaired) electrons. The summed E-state index contributed by atoms with van der Waals surface area (Å²) in [5.41, 5.74) is 9.02. The van der Waals surface area contributed by atoms with E-state index in [9.17, 15) is 0 Å². The van der Waals surface area contributed by atoms with E-state index in [1.807, 2.05) is 32.3 Å². The molecule has 0 aliphatic heterocycles. The van der Waals surface area contributed by atoms with Gasteiger partial charge < -0.3 is 5.73 Å². The summed E-state index contributed by atoms with van der Waals surface area (Å²) in [6.07, 6.45) is 5.53. The first kappa shape index (κ1) is 9.86. The molecular formula is C11H14N4. The standard InChI is InChI=1S/C11H14N4/c1-8-6-14-15(7-8)11-10(5-12)9(2)3-4-13-11/h3-4,6-7H,5,12H2,1-2H3. The second-order valence-corrected chi connectivity index (χ2v) is 3.60. The van der Waals surface area contributed by atoms with Gasteiger partial charge in [-0.05, 0) is 31.0 Å². The SMILES string of the molecule is Cc1cnn(-c2nccc(C)c2CN)c1. The van der Waals surface area contributed by atoms with Crippen LogP contribution in [0.15, 0.2) is 24.7 Å². The van der Waals surface area contributed by atoms with Crippen molar-refractivity contribution in [3.63, 3.8) is 0 Å². The number of hydrogen-bond donors (Lipinski definition) is 1. The molecule has 2 N–H and O–H groups in total. The first-order chi connectivity index (χ1) is 7.22. The lowest BCUT2D eigenvalue weighted by Crippen LogP contribution is -2.08. The van der Waals surface area contributed by atoms with Crippen molar-refractivity contribution in [1.82, 2.24) is 14.8 Å². The average molecular weight is 202 g/mol. The van der Waals surface area contributed by atoms with Crippen LogP contribution in [0.2, 0.25) is 0 Å². The second kappa shape index (κ2) is 3.82. The van der Waals surface area contributed by atoms with Crippen molar-refractivity contribution in [2.24, 2.45) is 5.73 Å². The summed E-state index contributed by atoms with van der Waals surface area (Å²) in [6.45, 7) is 4.51. The Morgan fingerprint density at radius 3 is 2.80 bits per heavy atom. The van der Waals surface area contributed by atoms with E-state index >= 15 is 0 Å². The summed E-state index contributed by atoms with van der Waals surface area (Å²) in [5.74, 6) is 0.825. The zero-order valence-corrected chi connectivity index (χ0v) is 8.94. The Hall–Kier alpha value is -1.68. The number of rotatable bonds is 2. The quantitative estimate of drug-likeness (QED) is 0.799. The Morgan fingerprint density at radius 1 is 1.40 bits per heavy atom. The van der Waals surface area contributed by atoms with Gasteiger partial charge in [0.15, 0.2) is 5.82 Å². The smallest absolute Gasteiger partial charge is 0.158 e. The molecule has 4 nitrogen and oxygen atoms in total. The molecule has 2 heterocycles. The van der Waals surface area contributed by atoms with E-state index < -0.39 is 0 Å². The molecule has 4 heteroatoms. The molecule has 0 saturated carbocycles. The van der Waals surface area contributed by atoms with Crippen LogP contribution in [0.5, 0.6) is 0 Å². The molecule has 0 aromatic carbocycles. The maximum atomic E-state index is 5.71. The van der Waals surface area contributed by atoms with E-state index in [-0.39, 0.29) is 0 Å². The van der Waals surface area contributed by atoms with E-state index in [0.717, 1.165) is 22.5 Å². The normalized spacial score (nSPS) is 10.6. The van der Waals surface area contributed by atoms with Crippen LogP contribution in [-0.4, -0.2) is 14.8 Å². The van der Waals surface area contributed by atoms with E-state index in [1.165, 1.54) is 0 Å². The highest BCUT2D eigenvalue weighted by Crippen LogP contribution is 2.14. The van der Waals surface area contributed by atoms with E-state index in [4.69, 9.17) is 5.73 Å². The van der Waals surface area contributed by atoms with Gasteiger partial charge in [-0.1, -0.05) is 0 Å². The highest BCUT2D eigenvalue weighted by molar-refractivity contribution is 5.38. The minimum atomic E-state index is 0.480. The van der Waals surface area contributed by atoms with Gasteiger partial charge >= 0.3 is 0 Å². The Morgan fingerprint density at radius 2 is 2.20 bits per heavy atom. The minimum absolute atomic E-state index is 0.480. The number of aromatic nitrogens is 3. The molecular weight excluding hydrogens is 188 g/mol. The van der Waals surface area contributed by atoms with E-state index in [0.29, 0.717) is 6.54 Å². The zero-order chi connectivity index (χ0) is 10.8. The Balaban J connectivity index is 2.57. The molecule has 78 valence electrons. The zero-order valence-electron chi connectivity index (χ0n) is 8.94. The third kappa shape index (κ3) is 1.76. The van der Waals surface area contributed by atoms with Crippen LogP contribution in [0.25, 0.3) is 5.82 Å². The molecule has 0 aliphatic carbocycles. The van der Waals surface area contributed by atoms with Gasteiger partial charge in [0.25, 0.3) is 0 Å². The fourth-order valence-corrected chi connectivity index (χ4v) is 1.55. The van der Waals surface area contributed by atoms with Crippen molar-refractivity contribution in [1.29, 1.82) is 0 Å². The monoisotopic (exact) mass is 202 g/mol. The van der Waals surface area contributed by atoms with Crippen LogP contribution in [0.1, 0.15) is 16.7 Å². The van der Waals surface area contributed by atoms with E-state index in [1.54, 1.807) is 10.9 Å². The molecule has 2 aromatic rings. The average Bonchev–Trinajstić information content (AvgIpc) is 2.64. The number of hydrogen-bond acceptors (Lipinski definition) is 3. The maximum absolute atomic E-state index is 5.71. The van der Waals surface area contributed by atoms with Gasteiger partial charge in [-0.3, -0.25) is 0 Å². The second-order valence-electron chi connectivity index (χ2n) is 3.60. The molecule has 15 heavy (non-hydrogen) atoms. The first-order valence-corrected chi connectivity index (χ1v) is 4.88. The van der Waals surface area contributed by atoms with Gasteiger partial charge in [0.05, 0.1) is 6.20 Å². The lowest BCUT2D eigenvalue weighted by molar-refractivity contribution is 0.819. The summed E-state index contributed by atoms with van der Waals surface area (Å²) >= 11 is 0. The first-order valence-electron chi connectivity index (χ1n) is 4.88. The van der Waals surface area contributed by atoms with Gasteiger partial charge in [0.2, 0.25) is 0 Å². The lowest BCUT2D eigenvalue weighted by atomic mass is 10.1. The highest BCUT2D eigenvalue weighted by atomic mass is 15.3. The lowest BCUT2D eigenvalue weighted by Gasteiger charge is -2.08. The summed E-state index contributed by atoms with van der Waals surface area (Å²) < 4.78 is 1.77. The fourth-order valence-electron chi connectivity index (χ4n) is 1.55. The third-order valence-electron chi connectivity index (χ3n) is 2.40. The fraction of sp³-hybridized carbons (Fsp3) is 0.273. The maximum Gasteiger partial charge on any atom is 0.158 e. The molecule has 2 aromatic heterocycles. The summed E-state index contributed by atoms with van der Waals surface area (Å²) in [7, 11) is 0. The van der Waals surface area contributed by atoms with Crippen LogP contribution in [-0.2, 0) is 6.54 Å². The van der Waals surface area contributed by atoms with Gasteiger partial charge in [0.1, 0.15) is 0 Å². The van der Waals surface area contributed by atoms with Crippen molar-refractivity contribution >= 4 is 0 Å². The van der Waals surface area contributed by atoms with Gasteiger partial charge in [-0.25, -0.2) is 9.67 Å². The van der Waals surface area contributed by atoms with Crippen LogP contribution in [0, 0.1) is 13.8 Å². The predicted molar refractivity (Wildman–Crippen MR) is 58.7 cm³/mol. The van der Waals surface area contributed by atoms with Crippen molar-refractivity contribution in [3.8, 4) is 5.82 Å². The van der Waals surface area contributed by atoms with Crippen molar-refractivity contribution in [2.75, 3.05) is 0 Å². The number of pyridine rings is 1. The molecule has 0 aliphatic rings. The Labute approximate surface area is 88.8 Å². The Kier molecular flexibility index (Phi) is 2.51. The van der Waals surface area contributed by atoms with E-state index in [2.05, 4.69) is 10.1 Å². The minimum Gasteiger partial charge on any atom is -0.326 e. The highest BCUT2D eigenvalue weighted by Gasteiger charge is 2.07. The van der Waals surface area contributed by atoms with Gasteiger partial charge in [0, 0.05) is 24.5 Å². The van der Waals surface area contributed by atoms with Crippen molar-refractivity contribution in [3.05, 3.63) is 41.3 Å². The summed E-state index contributed by atoms with van der Waals surface area (Å²) in [4.78, 5) is 4.31. The topological polar surface area (TPSA) is 56.7 Å². The van der Waals surface area contributed by atoms with Gasteiger partial charge in [-0.15, -0.1) is 0 Å². The molecule has 0 bridgehead atoms. The van der Waals surface area contributed by atoms with Crippen LogP contribution >= 0.6 is 0 Å². The van der Waals surface area contributed by atoms with Gasteiger partial charge in [-0.2, -0.15) is 5.10 Å². The predicted octanol–water partition coefficient (Wildman–Crippen LogP) is 1.34. The Bertz CT molecular complexity index is 473. The summed E-state index contributed by atoms with van der Waals surface area (Å²) in [6, 6.07) is 1.96. The van der Waals surface area contributed by atoms with Crippen LogP contribution in [0.3, 0.4) is 0 Å². The van der Waals surface area contributed by atoms with Crippen molar-refractivity contribution < 1.29 is 0 Å². The van der Waals surface area contributed by atoms with Crippen molar-refractivity contribution in [2.45, 2.75) is 20.4 Å². The van der Waals surface area contributed by atoms with Crippen LogP contribution in [0.4, 0.5) is 0 Å². The number of nitrogens with zero attached hydrogens (tertiary/aromatic N) is 3. The molecule has 0 saturated heterocycles. The number of aryl methyl sites for hydroxylation is 2.